The fourth-order valence-corrected chi connectivity index (χ4v) is 6.25. The fraction of sp³-hybridized carbons (Fsp3) is 0.750. The minimum absolute atomic E-state index is 0.0314. The Morgan fingerprint density at radius 2 is 1.86 bits per heavy atom. The molecule has 202 valence electrons. The standard InChI is InChI=1S/C28H45N3O5/c1-19(2)11-21-15-30-8-7-20-13-26(33-5)27(34-6)14-24(20)25(30)12-22(21)18-36-28(32)31-9-10-35-23(17-31)16-29(3)4/h13-14,19,21-23,25H,7-12,15-18H2,1-6H3/t21-,22+,23?,25-/m1/s1. The van der Waals surface area contributed by atoms with E-state index < -0.39 is 0 Å². The maximum absolute atomic E-state index is 13.0. The number of hydrogen-bond donors (Lipinski definition) is 0. The Morgan fingerprint density at radius 3 is 2.56 bits per heavy atom. The van der Waals surface area contributed by atoms with E-state index in [0.29, 0.717) is 50.1 Å². The van der Waals surface area contributed by atoms with Gasteiger partial charge in [0.2, 0.25) is 0 Å². The number of morpholine rings is 1. The SMILES string of the molecule is COc1cc2c(cc1OC)[C@H]1C[C@@H](COC(=O)N3CCOC(CN(C)C)C3)[C@H](CC(C)C)CN1CC2. The molecule has 0 radical (unpaired) electrons. The lowest BCUT2D eigenvalue weighted by atomic mass is 9.74. The van der Waals surface area contributed by atoms with Gasteiger partial charge in [-0.05, 0) is 74.4 Å². The highest BCUT2D eigenvalue weighted by Gasteiger charge is 2.40. The van der Waals surface area contributed by atoms with E-state index in [2.05, 4.69) is 35.8 Å². The van der Waals surface area contributed by atoms with E-state index in [1.807, 2.05) is 19.0 Å². The Balaban J connectivity index is 1.46. The normalized spacial score (nSPS) is 26.5. The van der Waals surface area contributed by atoms with E-state index in [0.717, 1.165) is 50.4 Å². The van der Waals surface area contributed by atoms with Crippen LogP contribution in [-0.2, 0) is 15.9 Å². The highest BCUT2D eigenvalue weighted by Crippen LogP contribution is 2.45. The number of nitrogens with zero attached hydrogens (tertiary/aromatic N) is 3. The van der Waals surface area contributed by atoms with Crippen LogP contribution in [-0.4, -0.2) is 101 Å². The first-order valence-electron chi connectivity index (χ1n) is 13.5. The lowest BCUT2D eigenvalue weighted by Gasteiger charge is -2.47. The topological polar surface area (TPSA) is 63.7 Å². The molecule has 0 aliphatic carbocycles. The van der Waals surface area contributed by atoms with Gasteiger partial charge in [-0.1, -0.05) is 13.8 Å². The maximum atomic E-state index is 13.0. The van der Waals surface area contributed by atoms with Gasteiger partial charge in [0.25, 0.3) is 0 Å². The third-order valence-electron chi connectivity index (χ3n) is 7.94. The average molecular weight is 504 g/mol. The Morgan fingerprint density at radius 1 is 1.11 bits per heavy atom. The molecule has 1 aromatic rings. The molecule has 3 aliphatic rings. The van der Waals surface area contributed by atoms with Gasteiger partial charge in [0.05, 0.1) is 40.1 Å². The lowest BCUT2D eigenvalue weighted by molar-refractivity contribution is -0.0427. The minimum atomic E-state index is -0.205. The van der Waals surface area contributed by atoms with Gasteiger partial charge >= 0.3 is 6.09 Å². The molecule has 0 saturated carbocycles. The summed E-state index contributed by atoms with van der Waals surface area (Å²) in [5.74, 6) is 3.03. The van der Waals surface area contributed by atoms with Crippen molar-refractivity contribution in [3.05, 3.63) is 23.3 Å². The van der Waals surface area contributed by atoms with Crippen molar-refractivity contribution >= 4 is 6.09 Å². The monoisotopic (exact) mass is 503 g/mol. The van der Waals surface area contributed by atoms with Gasteiger partial charge in [-0.15, -0.1) is 0 Å². The van der Waals surface area contributed by atoms with Crippen molar-refractivity contribution in [1.82, 2.24) is 14.7 Å². The van der Waals surface area contributed by atoms with E-state index in [-0.39, 0.29) is 12.2 Å². The quantitative estimate of drug-likeness (QED) is 0.536. The summed E-state index contributed by atoms with van der Waals surface area (Å²) < 4.78 is 23.0. The van der Waals surface area contributed by atoms with Crippen LogP contribution in [0.25, 0.3) is 0 Å². The van der Waals surface area contributed by atoms with Crippen molar-refractivity contribution in [2.75, 3.05) is 74.3 Å². The number of methoxy groups -OCH3 is 2. The number of carbonyl (C=O) groups is 1. The van der Waals surface area contributed by atoms with Gasteiger partial charge in [-0.2, -0.15) is 0 Å². The number of ether oxygens (including phenoxy) is 4. The molecule has 0 aromatic heterocycles. The molecule has 8 heteroatoms. The number of rotatable bonds is 8. The summed E-state index contributed by atoms with van der Waals surface area (Å²) in [7, 11) is 7.44. The molecule has 4 atom stereocenters. The molecule has 36 heavy (non-hydrogen) atoms. The molecule has 1 aromatic carbocycles. The smallest absolute Gasteiger partial charge is 0.409 e. The van der Waals surface area contributed by atoms with Crippen LogP contribution in [0, 0.1) is 17.8 Å². The van der Waals surface area contributed by atoms with Crippen molar-refractivity contribution in [3.8, 4) is 11.5 Å². The Labute approximate surface area is 216 Å². The van der Waals surface area contributed by atoms with Crippen LogP contribution >= 0.6 is 0 Å². The first-order chi connectivity index (χ1) is 17.3. The highest BCUT2D eigenvalue weighted by molar-refractivity contribution is 5.67. The van der Waals surface area contributed by atoms with Crippen LogP contribution in [0.1, 0.15) is 43.9 Å². The second kappa shape index (κ2) is 12.0. The molecule has 8 nitrogen and oxygen atoms in total. The molecule has 0 spiro atoms. The molecular weight excluding hydrogens is 458 g/mol. The summed E-state index contributed by atoms with van der Waals surface area (Å²) in [5.41, 5.74) is 2.67. The van der Waals surface area contributed by atoms with Crippen LogP contribution in [0.2, 0.25) is 0 Å². The average Bonchev–Trinajstić information content (AvgIpc) is 2.85. The molecule has 4 rings (SSSR count). The summed E-state index contributed by atoms with van der Waals surface area (Å²) in [5, 5.41) is 0. The van der Waals surface area contributed by atoms with Gasteiger partial charge < -0.3 is 28.7 Å². The molecule has 3 heterocycles. The molecule has 1 unspecified atom stereocenters. The van der Waals surface area contributed by atoms with Crippen LogP contribution < -0.4 is 9.47 Å². The Bertz CT molecular complexity index is 892. The van der Waals surface area contributed by atoms with Gasteiger partial charge in [-0.3, -0.25) is 4.90 Å². The zero-order valence-electron chi connectivity index (χ0n) is 23.0. The largest absolute Gasteiger partial charge is 0.493 e. The van der Waals surface area contributed by atoms with Gasteiger partial charge in [0.15, 0.2) is 11.5 Å². The fourth-order valence-electron chi connectivity index (χ4n) is 6.25. The van der Waals surface area contributed by atoms with Crippen LogP contribution in [0.15, 0.2) is 12.1 Å². The number of amides is 1. The van der Waals surface area contributed by atoms with Crippen LogP contribution in [0.3, 0.4) is 0 Å². The third kappa shape index (κ3) is 6.26. The number of piperidine rings is 1. The predicted octanol–water partition coefficient (Wildman–Crippen LogP) is 3.68. The molecule has 1 amide bonds. The van der Waals surface area contributed by atoms with Gasteiger partial charge in [0.1, 0.15) is 0 Å². The first kappa shape index (κ1) is 27.0. The van der Waals surface area contributed by atoms with Crippen molar-refractivity contribution in [1.29, 1.82) is 0 Å². The zero-order valence-corrected chi connectivity index (χ0v) is 23.0. The number of benzene rings is 1. The number of likely N-dealkylation sites (N-methyl/N-ethyl adjacent to an activating group) is 1. The second-order valence-electron chi connectivity index (χ2n) is 11.3. The lowest BCUT2D eigenvalue weighted by Crippen LogP contribution is -2.50. The summed E-state index contributed by atoms with van der Waals surface area (Å²) in [6.45, 7) is 9.68. The molecular formula is C28H45N3O5. The Hall–Kier alpha value is -2.03. The summed E-state index contributed by atoms with van der Waals surface area (Å²) >= 11 is 0. The third-order valence-corrected chi connectivity index (χ3v) is 7.94. The Kier molecular flexibility index (Phi) is 9.01. The van der Waals surface area contributed by atoms with E-state index in [9.17, 15) is 4.79 Å². The predicted molar refractivity (Wildman–Crippen MR) is 140 cm³/mol. The number of hydrogen-bond acceptors (Lipinski definition) is 7. The van der Waals surface area contributed by atoms with Gasteiger partial charge in [0, 0.05) is 32.2 Å². The van der Waals surface area contributed by atoms with Crippen molar-refractivity contribution in [3.63, 3.8) is 0 Å². The molecule has 0 N–H and O–H groups in total. The molecule has 2 fully saturated rings. The van der Waals surface area contributed by atoms with Crippen molar-refractivity contribution in [2.45, 2.75) is 45.3 Å². The highest BCUT2D eigenvalue weighted by atomic mass is 16.6. The second-order valence-corrected chi connectivity index (χ2v) is 11.3. The van der Waals surface area contributed by atoms with E-state index in [1.54, 1.807) is 14.2 Å². The summed E-state index contributed by atoms with van der Waals surface area (Å²) in [4.78, 5) is 19.6. The van der Waals surface area contributed by atoms with Crippen LogP contribution in [0.5, 0.6) is 11.5 Å². The summed E-state index contributed by atoms with van der Waals surface area (Å²) in [6, 6.07) is 4.62. The number of carbonyl (C=O) groups excluding carboxylic acids is 1. The summed E-state index contributed by atoms with van der Waals surface area (Å²) in [6.07, 6.45) is 2.98. The molecule has 2 saturated heterocycles. The zero-order chi connectivity index (χ0) is 25.8. The molecule has 0 bridgehead atoms. The minimum Gasteiger partial charge on any atom is -0.493 e. The maximum Gasteiger partial charge on any atom is 0.409 e. The van der Waals surface area contributed by atoms with Gasteiger partial charge in [-0.25, -0.2) is 4.79 Å². The first-order valence-corrected chi connectivity index (χ1v) is 13.5. The van der Waals surface area contributed by atoms with Crippen molar-refractivity contribution in [2.24, 2.45) is 17.8 Å². The van der Waals surface area contributed by atoms with E-state index >= 15 is 0 Å². The molecule has 3 aliphatic heterocycles. The van der Waals surface area contributed by atoms with Crippen LogP contribution in [0.4, 0.5) is 4.79 Å². The number of fused-ring (bicyclic) bond motifs is 3. The van der Waals surface area contributed by atoms with E-state index in [4.69, 9.17) is 18.9 Å². The van der Waals surface area contributed by atoms with E-state index in [1.165, 1.54) is 11.1 Å². The van der Waals surface area contributed by atoms with Crippen molar-refractivity contribution < 1.29 is 23.7 Å².